The van der Waals surface area contributed by atoms with Gasteiger partial charge in [0, 0.05) is 20.9 Å². The van der Waals surface area contributed by atoms with Gasteiger partial charge >= 0.3 is 0 Å². The van der Waals surface area contributed by atoms with Crippen LogP contribution in [0.25, 0.3) is 20.9 Å². The van der Waals surface area contributed by atoms with E-state index in [1.165, 1.54) is 0 Å². The van der Waals surface area contributed by atoms with Crippen molar-refractivity contribution in [2.75, 3.05) is 0 Å². The molecule has 6 nitrogen and oxygen atoms in total. The Balaban J connectivity index is 4.59. The van der Waals surface area contributed by atoms with Crippen LogP contribution >= 0.6 is 0 Å². The first kappa shape index (κ1) is 11.6. The second-order valence-corrected chi connectivity index (χ2v) is 4.18. The molecule has 0 unspecified atom stereocenters. The first-order valence-electron chi connectivity index (χ1n) is 3.95. The van der Waals surface area contributed by atoms with Crippen LogP contribution in [0.4, 0.5) is 0 Å². The zero-order valence-corrected chi connectivity index (χ0v) is 8.39. The summed E-state index contributed by atoms with van der Waals surface area (Å²) in [5.74, 6) is 0. The van der Waals surface area contributed by atoms with Crippen molar-refractivity contribution in [3.05, 3.63) is 20.9 Å². The average Bonchev–Trinajstić information content (AvgIpc) is 1.82. The van der Waals surface area contributed by atoms with Crippen LogP contribution in [0.2, 0.25) is 0 Å². The lowest BCUT2D eigenvalue weighted by atomic mass is 9.88. The molecule has 0 aromatic rings. The molecule has 0 aromatic heterocycles. The fourth-order valence-electron chi connectivity index (χ4n) is 1.37. The Morgan fingerprint density at radius 3 is 1.46 bits per heavy atom. The maximum absolute atomic E-state index is 8.28. The van der Waals surface area contributed by atoms with Gasteiger partial charge in [-0.25, -0.2) is 0 Å². The first-order valence-corrected chi connectivity index (χ1v) is 3.95. The van der Waals surface area contributed by atoms with Gasteiger partial charge in [-0.2, -0.15) is 0 Å². The summed E-state index contributed by atoms with van der Waals surface area (Å²) in [6.45, 7) is 7.23. The fourth-order valence-corrected chi connectivity index (χ4v) is 1.37. The van der Waals surface area contributed by atoms with Gasteiger partial charge in [-0.1, -0.05) is 37.9 Å². The maximum Gasteiger partial charge on any atom is 0.0438 e. The van der Waals surface area contributed by atoms with Gasteiger partial charge in [-0.15, -0.1) is 0 Å². The Hall–Kier alpha value is -1.38. The molecule has 0 N–H and O–H groups in total. The van der Waals surface area contributed by atoms with Crippen molar-refractivity contribution in [2.24, 2.45) is 10.2 Å². The topological polar surface area (TPSA) is 97.5 Å². The second-order valence-electron chi connectivity index (χ2n) is 4.18. The van der Waals surface area contributed by atoms with Crippen LogP contribution in [-0.2, 0) is 0 Å². The molecule has 0 heterocycles. The fraction of sp³-hybridized carbons (Fsp3) is 1.00. The van der Waals surface area contributed by atoms with Crippen molar-refractivity contribution in [1.82, 2.24) is 0 Å². The lowest BCUT2D eigenvalue weighted by molar-refractivity contribution is 0.351. The molecule has 0 bridgehead atoms. The highest BCUT2D eigenvalue weighted by molar-refractivity contribution is 4.90. The zero-order chi connectivity index (χ0) is 10.5. The molecule has 0 atom stereocenters. The van der Waals surface area contributed by atoms with Crippen molar-refractivity contribution >= 4 is 0 Å². The largest absolute Gasteiger partial charge is 0.0878 e. The smallest absolute Gasteiger partial charge is 0.0438 e. The number of nitrogens with zero attached hydrogens (tertiary/aromatic N) is 6. The van der Waals surface area contributed by atoms with Gasteiger partial charge in [0.1, 0.15) is 0 Å². The van der Waals surface area contributed by atoms with Crippen molar-refractivity contribution in [3.8, 4) is 0 Å². The van der Waals surface area contributed by atoms with E-state index in [1.54, 1.807) is 27.7 Å². The average molecular weight is 182 g/mol. The predicted molar refractivity (Wildman–Crippen MR) is 51.1 cm³/mol. The number of rotatable bonds is 4. The molecule has 0 radical (unpaired) electrons. The van der Waals surface area contributed by atoms with Crippen LogP contribution in [0, 0.1) is 0 Å². The molecule has 0 fully saturated rings. The van der Waals surface area contributed by atoms with Gasteiger partial charge in [-0.05, 0) is 17.5 Å². The van der Waals surface area contributed by atoms with Crippen LogP contribution in [-0.4, -0.2) is 11.1 Å². The molecule has 0 rings (SSSR count). The lowest BCUT2D eigenvalue weighted by Crippen LogP contribution is -2.29. The molecule has 0 aliphatic rings. The Kier molecular flexibility index (Phi) is 3.60. The molecular formula is C7H14N6. The molecule has 72 valence electrons. The summed E-state index contributed by atoms with van der Waals surface area (Å²) in [4.78, 5) is 5.48. The van der Waals surface area contributed by atoms with Crippen molar-refractivity contribution in [2.45, 2.75) is 45.2 Å². The normalized spacial score (nSPS) is 11.4. The minimum absolute atomic E-state index is 0.521. The molecule has 13 heavy (non-hydrogen) atoms. The predicted octanol–water partition coefficient (Wildman–Crippen LogP) is 3.55. The zero-order valence-electron chi connectivity index (χ0n) is 8.39. The van der Waals surface area contributed by atoms with E-state index in [2.05, 4.69) is 20.1 Å². The Bertz CT molecular complexity index is 239. The highest BCUT2D eigenvalue weighted by Gasteiger charge is 2.26. The number of azide groups is 2. The van der Waals surface area contributed by atoms with Crippen LogP contribution in [0.3, 0.4) is 0 Å². The van der Waals surface area contributed by atoms with Gasteiger partial charge in [0.25, 0.3) is 0 Å². The van der Waals surface area contributed by atoms with Crippen molar-refractivity contribution < 1.29 is 0 Å². The summed E-state index contributed by atoms with van der Waals surface area (Å²) in [6, 6.07) is 0. The van der Waals surface area contributed by atoms with Gasteiger partial charge in [0.15, 0.2) is 0 Å². The van der Waals surface area contributed by atoms with E-state index in [0.29, 0.717) is 6.42 Å². The maximum atomic E-state index is 8.28. The van der Waals surface area contributed by atoms with Crippen LogP contribution < -0.4 is 0 Å². The molecule has 0 saturated heterocycles. The van der Waals surface area contributed by atoms with Gasteiger partial charge < -0.3 is 0 Å². The van der Waals surface area contributed by atoms with Crippen LogP contribution in [0.15, 0.2) is 10.2 Å². The standard InChI is InChI=1S/C7H14N6/c1-6(2,10-12-8)5-7(3,4)11-13-9/h5H2,1-4H3. The van der Waals surface area contributed by atoms with E-state index < -0.39 is 11.1 Å². The Morgan fingerprint density at radius 1 is 0.923 bits per heavy atom. The number of hydrogen-bond donors (Lipinski definition) is 0. The van der Waals surface area contributed by atoms with Gasteiger partial charge in [0.05, 0.1) is 0 Å². The van der Waals surface area contributed by atoms with E-state index in [-0.39, 0.29) is 0 Å². The molecule has 0 saturated carbocycles. The summed E-state index contributed by atoms with van der Waals surface area (Å²) < 4.78 is 0. The van der Waals surface area contributed by atoms with E-state index in [0.717, 1.165) is 0 Å². The van der Waals surface area contributed by atoms with Crippen LogP contribution in [0.1, 0.15) is 34.1 Å². The van der Waals surface area contributed by atoms with E-state index in [4.69, 9.17) is 11.1 Å². The molecule has 0 aromatic carbocycles. The summed E-state index contributed by atoms with van der Waals surface area (Å²) in [5.41, 5.74) is 15.5. The molecular weight excluding hydrogens is 168 g/mol. The third-order valence-corrected chi connectivity index (χ3v) is 1.50. The minimum atomic E-state index is -0.521. The van der Waals surface area contributed by atoms with E-state index in [1.807, 2.05) is 0 Å². The quantitative estimate of drug-likeness (QED) is 0.361. The van der Waals surface area contributed by atoms with Gasteiger partial charge in [-0.3, -0.25) is 0 Å². The SMILES string of the molecule is CC(C)(CC(C)(C)N=[N+]=[N-])N=[N+]=[N-]. The summed E-state index contributed by atoms with van der Waals surface area (Å²) in [7, 11) is 0. The summed E-state index contributed by atoms with van der Waals surface area (Å²) >= 11 is 0. The second kappa shape index (κ2) is 4.03. The van der Waals surface area contributed by atoms with E-state index in [9.17, 15) is 0 Å². The molecule has 0 spiro atoms. The Labute approximate surface area is 77.2 Å². The Morgan fingerprint density at radius 2 is 1.23 bits per heavy atom. The van der Waals surface area contributed by atoms with Gasteiger partial charge in [0.2, 0.25) is 0 Å². The third kappa shape index (κ3) is 4.95. The van der Waals surface area contributed by atoms with E-state index >= 15 is 0 Å². The van der Waals surface area contributed by atoms with Crippen molar-refractivity contribution in [1.29, 1.82) is 0 Å². The lowest BCUT2D eigenvalue weighted by Gasteiger charge is -2.27. The third-order valence-electron chi connectivity index (χ3n) is 1.50. The number of hydrogen-bond acceptors (Lipinski definition) is 2. The first-order chi connectivity index (χ1) is 5.83. The molecule has 6 heteroatoms. The highest BCUT2D eigenvalue weighted by Crippen LogP contribution is 2.26. The summed E-state index contributed by atoms with van der Waals surface area (Å²) in [6.07, 6.45) is 0.522. The molecule has 0 aliphatic heterocycles. The molecule has 0 amide bonds. The minimum Gasteiger partial charge on any atom is -0.0878 e. The summed E-state index contributed by atoms with van der Waals surface area (Å²) in [5, 5.41) is 7.24. The van der Waals surface area contributed by atoms with Crippen molar-refractivity contribution in [3.63, 3.8) is 0 Å². The van der Waals surface area contributed by atoms with Crippen LogP contribution in [0.5, 0.6) is 0 Å². The monoisotopic (exact) mass is 182 g/mol. The highest BCUT2D eigenvalue weighted by atomic mass is 15.2. The molecule has 0 aliphatic carbocycles.